The molecule has 2 aromatic carbocycles. The van der Waals surface area contributed by atoms with Crippen molar-refractivity contribution in [3.8, 4) is 10.6 Å². The first-order chi connectivity index (χ1) is 14.1. The normalized spacial score (nSPS) is 11.8. The molecule has 0 aliphatic rings. The van der Waals surface area contributed by atoms with E-state index in [-0.39, 0.29) is 0 Å². The fraction of sp³-hybridized carbons (Fsp3) is 0.0870. The fourth-order valence-corrected chi connectivity index (χ4v) is 3.91. The highest BCUT2D eigenvalue weighted by molar-refractivity contribution is 7.17. The largest absolute Gasteiger partial charge is 0.447 e. The molecule has 0 aliphatic carbocycles. The van der Waals surface area contributed by atoms with Crippen LogP contribution in [0.1, 0.15) is 32.7 Å². The lowest BCUT2D eigenvalue weighted by Gasteiger charge is -2.17. The molecule has 0 saturated carbocycles. The number of hydrogen-bond acceptors (Lipinski definition) is 5. The first-order valence-electron chi connectivity index (χ1n) is 9.02. The molecular formula is C23H17FN2O2S. The molecule has 0 aliphatic heterocycles. The van der Waals surface area contributed by atoms with Crippen LogP contribution in [0.4, 0.5) is 4.39 Å². The maximum absolute atomic E-state index is 13.8. The Kier molecular flexibility index (Phi) is 5.44. The van der Waals surface area contributed by atoms with Crippen molar-refractivity contribution < 1.29 is 13.9 Å². The zero-order valence-electron chi connectivity index (χ0n) is 15.6. The number of thiazole rings is 1. The third-order valence-corrected chi connectivity index (χ3v) is 5.52. The van der Waals surface area contributed by atoms with Crippen LogP contribution in [0.3, 0.4) is 0 Å². The molecule has 144 valence electrons. The Hall–Kier alpha value is -3.38. The molecule has 6 heteroatoms. The summed E-state index contributed by atoms with van der Waals surface area (Å²) in [6, 6.07) is 21.0. The predicted molar refractivity (Wildman–Crippen MR) is 110 cm³/mol. The van der Waals surface area contributed by atoms with Gasteiger partial charge < -0.3 is 4.74 Å². The van der Waals surface area contributed by atoms with E-state index in [0.29, 0.717) is 21.8 Å². The summed E-state index contributed by atoms with van der Waals surface area (Å²) in [5, 5.41) is 0.746. The van der Waals surface area contributed by atoms with E-state index in [0.717, 1.165) is 10.6 Å². The van der Waals surface area contributed by atoms with Crippen molar-refractivity contribution in [3.63, 3.8) is 0 Å². The number of hydrogen-bond donors (Lipinski definition) is 0. The number of aryl methyl sites for hydroxylation is 1. The van der Waals surface area contributed by atoms with Gasteiger partial charge in [0.05, 0.1) is 11.4 Å². The third-order valence-electron chi connectivity index (χ3n) is 4.34. The second-order valence-corrected chi connectivity index (χ2v) is 7.39. The van der Waals surface area contributed by atoms with Crippen LogP contribution in [-0.2, 0) is 4.74 Å². The Labute approximate surface area is 171 Å². The van der Waals surface area contributed by atoms with Crippen LogP contribution in [0.25, 0.3) is 10.6 Å². The molecule has 0 spiro atoms. The second-order valence-electron chi connectivity index (χ2n) is 6.39. The van der Waals surface area contributed by atoms with Gasteiger partial charge in [0, 0.05) is 17.3 Å². The van der Waals surface area contributed by atoms with Crippen molar-refractivity contribution in [1.82, 2.24) is 9.97 Å². The number of carbonyl (C=O) groups excluding carboxylic acids is 1. The molecule has 0 fully saturated rings. The molecule has 1 unspecified atom stereocenters. The zero-order chi connectivity index (χ0) is 20.2. The van der Waals surface area contributed by atoms with Crippen LogP contribution in [0.5, 0.6) is 0 Å². The van der Waals surface area contributed by atoms with Gasteiger partial charge in [-0.25, -0.2) is 14.2 Å². The molecule has 0 radical (unpaired) electrons. The van der Waals surface area contributed by atoms with Crippen molar-refractivity contribution in [2.45, 2.75) is 13.0 Å². The van der Waals surface area contributed by atoms with E-state index in [4.69, 9.17) is 4.74 Å². The minimum atomic E-state index is -0.818. The van der Waals surface area contributed by atoms with Crippen molar-refractivity contribution in [1.29, 1.82) is 0 Å². The van der Waals surface area contributed by atoms with Crippen molar-refractivity contribution in [2.75, 3.05) is 0 Å². The Bertz CT molecular complexity index is 1130. The Morgan fingerprint density at radius 3 is 2.55 bits per heavy atom. The van der Waals surface area contributed by atoms with Crippen LogP contribution >= 0.6 is 11.3 Å². The van der Waals surface area contributed by atoms with Gasteiger partial charge in [-0.1, -0.05) is 48.5 Å². The number of aromatic nitrogens is 2. The predicted octanol–water partition coefficient (Wildman–Crippen LogP) is 5.60. The number of ether oxygens (including phenoxy) is 1. The molecule has 0 saturated heterocycles. The number of halogens is 1. The summed E-state index contributed by atoms with van der Waals surface area (Å²) in [6.07, 6.45) is 0.794. The Morgan fingerprint density at radius 2 is 1.83 bits per heavy atom. The molecule has 0 bridgehead atoms. The average molecular weight is 404 g/mol. The van der Waals surface area contributed by atoms with E-state index in [1.807, 2.05) is 30.3 Å². The highest BCUT2D eigenvalue weighted by Crippen LogP contribution is 2.31. The van der Waals surface area contributed by atoms with Gasteiger partial charge in [0.2, 0.25) is 0 Å². The average Bonchev–Trinajstić information content (AvgIpc) is 3.15. The summed E-state index contributed by atoms with van der Waals surface area (Å²) >= 11 is 1.28. The molecule has 2 heterocycles. The minimum absolute atomic E-state index is 0.403. The number of nitrogens with zero attached hydrogens (tertiary/aromatic N) is 2. The van der Waals surface area contributed by atoms with Gasteiger partial charge in [0.1, 0.15) is 15.7 Å². The van der Waals surface area contributed by atoms with E-state index >= 15 is 0 Å². The van der Waals surface area contributed by atoms with Crippen molar-refractivity contribution >= 4 is 17.3 Å². The highest BCUT2D eigenvalue weighted by atomic mass is 32.1. The smallest absolute Gasteiger partial charge is 0.351 e. The van der Waals surface area contributed by atoms with Crippen LogP contribution in [0, 0.1) is 12.7 Å². The third kappa shape index (κ3) is 4.22. The van der Waals surface area contributed by atoms with Gasteiger partial charge in [-0.2, -0.15) is 0 Å². The summed E-state index contributed by atoms with van der Waals surface area (Å²) in [4.78, 5) is 22.2. The van der Waals surface area contributed by atoms with Gasteiger partial charge >= 0.3 is 5.97 Å². The Balaban J connectivity index is 1.66. The lowest BCUT2D eigenvalue weighted by atomic mass is 10.1. The fourth-order valence-electron chi connectivity index (χ4n) is 2.95. The van der Waals surface area contributed by atoms with Gasteiger partial charge in [0.15, 0.2) is 6.10 Å². The summed E-state index contributed by atoms with van der Waals surface area (Å²) in [5.41, 5.74) is 2.57. The standard InChI is InChI=1S/C23H17FN2O2S/c1-15-21(29-22(26-15)16-8-3-2-4-9-16)23(27)28-20(19-12-5-6-13-25-19)17-10-7-11-18(24)14-17/h2-14,20H,1H3. The summed E-state index contributed by atoms with van der Waals surface area (Å²) in [5.74, 6) is -0.915. The van der Waals surface area contributed by atoms with E-state index < -0.39 is 17.9 Å². The number of pyridine rings is 1. The van der Waals surface area contributed by atoms with Crippen molar-refractivity contribution in [3.05, 3.63) is 107 Å². The summed E-state index contributed by atoms with van der Waals surface area (Å²) in [7, 11) is 0. The maximum Gasteiger partial charge on any atom is 0.351 e. The van der Waals surface area contributed by atoms with Gasteiger partial charge in [-0.15, -0.1) is 11.3 Å². The molecule has 0 amide bonds. The van der Waals surface area contributed by atoms with Crippen LogP contribution in [0.2, 0.25) is 0 Å². The number of rotatable bonds is 5. The molecule has 4 nitrogen and oxygen atoms in total. The first kappa shape index (κ1) is 19.0. The Morgan fingerprint density at radius 1 is 1.03 bits per heavy atom. The molecule has 4 rings (SSSR count). The molecule has 29 heavy (non-hydrogen) atoms. The summed E-state index contributed by atoms with van der Waals surface area (Å²) in [6.45, 7) is 1.78. The topological polar surface area (TPSA) is 52.1 Å². The monoisotopic (exact) mass is 404 g/mol. The molecule has 0 N–H and O–H groups in total. The quantitative estimate of drug-likeness (QED) is 0.406. The van der Waals surface area contributed by atoms with Crippen molar-refractivity contribution in [2.24, 2.45) is 0 Å². The lowest BCUT2D eigenvalue weighted by molar-refractivity contribution is 0.0375. The zero-order valence-corrected chi connectivity index (χ0v) is 16.4. The number of esters is 1. The maximum atomic E-state index is 13.8. The van der Waals surface area contributed by atoms with Crippen LogP contribution in [-0.4, -0.2) is 15.9 Å². The van der Waals surface area contributed by atoms with Gasteiger partial charge in [-0.05, 0) is 31.2 Å². The minimum Gasteiger partial charge on any atom is -0.447 e. The summed E-state index contributed by atoms with van der Waals surface area (Å²) < 4.78 is 19.6. The SMILES string of the molecule is Cc1nc(-c2ccccc2)sc1C(=O)OC(c1cccc(F)c1)c1ccccn1. The van der Waals surface area contributed by atoms with E-state index in [2.05, 4.69) is 9.97 Å². The van der Waals surface area contributed by atoms with Gasteiger partial charge in [0.25, 0.3) is 0 Å². The van der Waals surface area contributed by atoms with E-state index in [9.17, 15) is 9.18 Å². The molecule has 2 aromatic heterocycles. The van der Waals surface area contributed by atoms with E-state index in [1.54, 1.807) is 43.5 Å². The number of carbonyl (C=O) groups is 1. The second kappa shape index (κ2) is 8.32. The van der Waals surface area contributed by atoms with Crippen LogP contribution < -0.4 is 0 Å². The number of benzene rings is 2. The molecule has 1 atom stereocenters. The van der Waals surface area contributed by atoms with Gasteiger partial charge in [-0.3, -0.25) is 4.98 Å². The van der Waals surface area contributed by atoms with Crippen LogP contribution in [0.15, 0.2) is 79.0 Å². The lowest BCUT2D eigenvalue weighted by Crippen LogP contribution is -2.14. The molecule has 4 aromatic rings. The first-order valence-corrected chi connectivity index (χ1v) is 9.83. The molecular weight excluding hydrogens is 387 g/mol. The highest BCUT2D eigenvalue weighted by Gasteiger charge is 2.25. The van der Waals surface area contributed by atoms with E-state index in [1.165, 1.54) is 23.5 Å².